The number of benzene rings is 4. The number of fused-ring (bicyclic) bond motifs is 1. The van der Waals surface area contributed by atoms with Crippen molar-refractivity contribution in [2.45, 2.75) is 19.6 Å². The number of amidine groups is 1. The molecule has 0 aliphatic carbocycles. The van der Waals surface area contributed by atoms with Crippen molar-refractivity contribution in [3.8, 4) is 0 Å². The molecule has 2 heterocycles. The largest absolute Gasteiger partial charge is 0.303 e. The maximum Gasteiger partial charge on any atom is 0.267 e. The zero-order chi connectivity index (χ0) is 26.8. The fourth-order valence-electron chi connectivity index (χ4n) is 4.75. The average Bonchev–Trinajstić information content (AvgIpc) is 3.42. The fourth-order valence-corrected chi connectivity index (χ4v) is 5.94. The molecular weight excluding hydrogens is 526 g/mol. The second kappa shape index (κ2) is 10.9. The van der Waals surface area contributed by atoms with Crippen molar-refractivity contribution in [2.75, 3.05) is 4.90 Å². The fraction of sp³-hybridized carbons (Fsp3) is 0.0938. The van der Waals surface area contributed by atoms with E-state index in [1.807, 2.05) is 109 Å². The lowest BCUT2D eigenvalue weighted by atomic mass is 10.1. The van der Waals surface area contributed by atoms with Crippen LogP contribution in [-0.2, 0) is 29.2 Å². The molecule has 192 valence electrons. The van der Waals surface area contributed by atoms with Crippen molar-refractivity contribution in [3.05, 3.63) is 141 Å². The number of carbonyl (C=O) groups excluding carboxylic acids is 2. The summed E-state index contributed by atoms with van der Waals surface area (Å²) in [6, 6.07) is 34.9. The molecule has 0 radical (unpaired) electrons. The van der Waals surface area contributed by atoms with Crippen molar-refractivity contribution in [1.82, 2.24) is 4.90 Å². The van der Waals surface area contributed by atoms with Gasteiger partial charge in [0.05, 0.1) is 35.8 Å². The van der Waals surface area contributed by atoms with Gasteiger partial charge in [-0.1, -0.05) is 103 Å². The molecule has 2 aliphatic rings. The second-order valence-corrected chi connectivity index (χ2v) is 10.7. The van der Waals surface area contributed by atoms with Gasteiger partial charge in [-0.3, -0.25) is 19.5 Å². The minimum absolute atomic E-state index is 0.189. The molecule has 1 saturated heterocycles. The van der Waals surface area contributed by atoms with E-state index >= 15 is 0 Å². The van der Waals surface area contributed by atoms with Crippen LogP contribution < -0.4 is 4.90 Å². The number of amides is 2. The Hall–Kier alpha value is -4.13. The predicted molar refractivity (Wildman–Crippen MR) is 158 cm³/mol. The number of carbonyl (C=O) groups is 2. The maximum absolute atomic E-state index is 14.0. The van der Waals surface area contributed by atoms with Gasteiger partial charge in [0, 0.05) is 10.6 Å². The van der Waals surface area contributed by atoms with Crippen LogP contribution in [0.5, 0.6) is 0 Å². The highest BCUT2D eigenvalue weighted by molar-refractivity contribution is 8.18. The molecule has 5 nitrogen and oxygen atoms in total. The van der Waals surface area contributed by atoms with E-state index in [0.717, 1.165) is 27.9 Å². The van der Waals surface area contributed by atoms with E-state index in [0.29, 0.717) is 40.3 Å². The predicted octanol–water partition coefficient (Wildman–Crippen LogP) is 6.93. The van der Waals surface area contributed by atoms with Gasteiger partial charge in [0.2, 0.25) is 0 Å². The van der Waals surface area contributed by atoms with Crippen molar-refractivity contribution in [2.24, 2.45) is 4.99 Å². The van der Waals surface area contributed by atoms with Crippen molar-refractivity contribution < 1.29 is 9.59 Å². The van der Waals surface area contributed by atoms with E-state index in [-0.39, 0.29) is 11.8 Å². The summed E-state index contributed by atoms with van der Waals surface area (Å²) in [4.78, 5) is 36.6. The molecule has 2 amide bonds. The minimum atomic E-state index is -0.206. The lowest BCUT2D eigenvalue weighted by Gasteiger charge is -2.17. The van der Waals surface area contributed by atoms with Crippen LogP contribution >= 0.6 is 23.4 Å². The first-order chi connectivity index (χ1) is 19.1. The first-order valence-corrected chi connectivity index (χ1v) is 13.8. The summed E-state index contributed by atoms with van der Waals surface area (Å²) in [6.07, 6.45) is 0. The first kappa shape index (κ1) is 25.2. The quantitative estimate of drug-likeness (QED) is 0.245. The van der Waals surface area contributed by atoms with Crippen LogP contribution in [0.25, 0.3) is 5.57 Å². The molecule has 4 aromatic carbocycles. The van der Waals surface area contributed by atoms with Gasteiger partial charge in [-0.25, -0.2) is 0 Å². The SMILES string of the molecule is O=C1/C(=C2\C(=O)N(Cc3ccc(Cl)cc3)c3ccccc32)SC(=NCc2ccccc2)N1Cc1ccccc1. The molecule has 0 unspecified atom stereocenters. The number of rotatable bonds is 6. The number of thioether (sulfide) groups is 1. The summed E-state index contributed by atoms with van der Waals surface area (Å²) in [5.41, 5.74) is 4.98. The second-order valence-electron chi connectivity index (χ2n) is 9.30. The Morgan fingerprint density at radius 3 is 1.95 bits per heavy atom. The smallest absolute Gasteiger partial charge is 0.267 e. The van der Waals surface area contributed by atoms with E-state index in [4.69, 9.17) is 16.6 Å². The van der Waals surface area contributed by atoms with Gasteiger partial charge < -0.3 is 4.90 Å². The monoisotopic (exact) mass is 549 g/mol. The Labute approximate surface area is 236 Å². The highest BCUT2D eigenvalue weighted by Gasteiger charge is 2.42. The Kier molecular flexibility index (Phi) is 7.05. The maximum atomic E-state index is 14.0. The number of halogens is 1. The van der Waals surface area contributed by atoms with Crippen LogP contribution in [0.4, 0.5) is 5.69 Å². The third-order valence-corrected chi connectivity index (χ3v) is 8.06. The molecule has 7 heteroatoms. The van der Waals surface area contributed by atoms with Crippen molar-refractivity contribution >= 4 is 51.6 Å². The number of hydrogen-bond acceptors (Lipinski definition) is 4. The normalized spacial score (nSPS) is 17.8. The third-order valence-electron chi connectivity index (χ3n) is 6.69. The van der Waals surface area contributed by atoms with E-state index in [9.17, 15) is 9.59 Å². The number of nitrogens with zero attached hydrogens (tertiary/aromatic N) is 3. The molecule has 0 atom stereocenters. The Morgan fingerprint density at radius 1 is 0.641 bits per heavy atom. The molecular formula is C32H24ClN3O2S. The topological polar surface area (TPSA) is 53.0 Å². The Bertz CT molecular complexity index is 1600. The summed E-state index contributed by atoms with van der Waals surface area (Å²) in [5.74, 6) is -0.395. The van der Waals surface area contributed by atoms with Gasteiger partial charge in [0.25, 0.3) is 11.8 Å². The van der Waals surface area contributed by atoms with Crippen LogP contribution in [0.1, 0.15) is 22.3 Å². The lowest BCUT2D eigenvalue weighted by molar-refractivity contribution is -0.123. The number of aliphatic imine (C=N–C) groups is 1. The standard InChI is InChI=1S/C32H24ClN3O2S/c33-25-17-15-24(16-18-25)20-35-27-14-8-7-13-26(27)28(30(35)37)29-31(38)36(21-23-11-5-2-6-12-23)32(39-29)34-19-22-9-3-1-4-10-22/h1-18H,19-21H2/b29-28+,34-32?. The molecule has 39 heavy (non-hydrogen) atoms. The van der Waals surface area contributed by atoms with Crippen LogP contribution in [0.2, 0.25) is 5.02 Å². The summed E-state index contributed by atoms with van der Waals surface area (Å²) in [5, 5.41) is 1.24. The molecule has 2 aliphatic heterocycles. The number of anilines is 1. The van der Waals surface area contributed by atoms with E-state index in [1.54, 1.807) is 9.80 Å². The van der Waals surface area contributed by atoms with Gasteiger partial charge in [-0.2, -0.15) is 0 Å². The van der Waals surface area contributed by atoms with Gasteiger partial charge in [0.1, 0.15) is 0 Å². The van der Waals surface area contributed by atoms with Gasteiger partial charge in [-0.15, -0.1) is 0 Å². The highest BCUT2D eigenvalue weighted by atomic mass is 35.5. The van der Waals surface area contributed by atoms with Gasteiger partial charge in [-0.05, 0) is 46.7 Å². The van der Waals surface area contributed by atoms with Crippen molar-refractivity contribution in [1.29, 1.82) is 0 Å². The van der Waals surface area contributed by atoms with Crippen LogP contribution in [0, 0.1) is 0 Å². The van der Waals surface area contributed by atoms with Crippen molar-refractivity contribution in [3.63, 3.8) is 0 Å². The van der Waals surface area contributed by atoms with Crippen LogP contribution in [0.15, 0.2) is 119 Å². The minimum Gasteiger partial charge on any atom is -0.303 e. The first-order valence-electron chi connectivity index (χ1n) is 12.6. The molecule has 1 fully saturated rings. The molecule has 0 aromatic heterocycles. The van der Waals surface area contributed by atoms with Gasteiger partial charge in [0.15, 0.2) is 5.17 Å². The van der Waals surface area contributed by atoms with Gasteiger partial charge >= 0.3 is 0 Å². The summed E-state index contributed by atoms with van der Waals surface area (Å²) >= 11 is 7.35. The molecule has 4 aromatic rings. The Morgan fingerprint density at radius 2 is 1.23 bits per heavy atom. The molecule has 0 spiro atoms. The molecule has 0 saturated carbocycles. The zero-order valence-electron chi connectivity index (χ0n) is 21.0. The zero-order valence-corrected chi connectivity index (χ0v) is 22.5. The average molecular weight is 550 g/mol. The van der Waals surface area contributed by atoms with E-state index in [1.165, 1.54) is 11.8 Å². The third kappa shape index (κ3) is 5.13. The van der Waals surface area contributed by atoms with E-state index in [2.05, 4.69) is 0 Å². The summed E-state index contributed by atoms with van der Waals surface area (Å²) in [7, 11) is 0. The van der Waals surface area contributed by atoms with E-state index < -0.39 is 0 Å². The molecule has 0 N–H and O–H groups in total. The summed E-state index contributed by atoms with van der Waals surface area (Å²) in [6.45, 7) is 1.20. The lowest BCUT2D eigenvalue weighted by Crippen LogP contribution is -2.30. The summed E-state index contributed by atoms with van der Waals surface area (Å²) < 4.78 is 0. The van der Waals surface area contributed by atoms with Crippen LogP contribution in [0.3, 0.4) is 0 Å². The number of hydrogen-bond donors (Lipinski definition) is 0. The molecule has 0 bridgehead atoms. The Balaban J connectivity index is 1.39. The highest BCUT2D eigenvalue weighted by Crippen LogP contribution is 2.45. The van der Waals surface area contributed by atoms with Crippen LogP contribution in [-0.4, -0.2) is 21.9 Å². The molecule has 6 rings (SSSR count). The number of para-hydroxylation sites is 1.